The minimum atomic E-state index is -0.372. The van der Waals surface area contributed by atoms with Crippen molar-refractivity contribution in [3.05, 3.63) is 119 Å². The number of fused-ring (bicyclic) bond motifs is 3. The summed E-state index contributed by atoms with van der Waals surface area (Å²) in [6, 6.07) is 23.8. The van der Waals surface area contributed by atoms with Crippen LogP contribution in [0.15, 0.2) is 85.1 Å². The maximum atomic E-state index is 13.7. The van der Waals surface area contributed by atoms with Crippen LogP contribution in [0.1, 0.15) is 34.0 Å². The number of amides is 2. The van der Waals surface area contributed by atoms with Crippen LogP contribution < -0.4 is 5.32 Å². The molecule has 1 aliphatic heterocycles. The Hall–Kier alpha value is -3.86. The fourth-order valence-corrected chi connectivity index (χ4v) is 4.41. The number of carbonyl (C=O) groups is 1. The molecule has 4 nitrogen and oxygen atoms in total. The third kappa shape index (κ3) is 3.46. The lowest BCUT2D eigenvalue weighted by molar-refractivity contribution is 0.194. The van der Waals surface area contributed by atoms with Gasteiger partial charge in [0.1, 0.15) is 5.82 Å². The highest BCUT2D eigenvalue weighted by Crippen LogP contribution is 2.37. The van der Waals surface area contributed by atoms with Crippen molar-refractivity contribution in [3.8, 4) is 5.69 Å². The van der Waals surface area contributed by atoms with Gasteiger partial charge in [0.05, 0.1) is 18.3 Å². The summed E-state index contributed by atoms with van der Waals surface area (Å²) in [5, 5.41) is 3.12. The first-order valence-electron chi connectivity index (χ1n) is 10.7. The number of benzene rings is 3. The van der Waals surface area contributed by atoms with E-state index in [1.165, 1.54) is 12.1 Å². The highest BCUT2D eigenvalue weighted by Gasteiger charge is 2.33. The molecule has 1 aromatic heterocycles. The van der Waals surface area contributed by atoms with Crippen LogP contribution in [0.25, 0.3) is 5.69 Å². The van der Waals surface area contributed by atoms with E-state index in [9.17, 15) is 9.18 Å². The van der Waals surface area contributed by atoms with Crippen molar-refractivity contribution in [2.75, 3.05) is 5.32 Å². The number of aryl methyl sites for hydroxylation is 1. The molecule has 0 radical (unpaired) electrons. The molecule has 4 aromatic rings. The van der Waals surface area contributed by atoms with Gasteiger partial charge in [-0.05, 0) is 72.5 Å². The van der Waals surface area contributed by atoms with Crippen molar-refractivity contribution >= 4 is 11.7 Å². The molecule has 2 amide bonds. The normalized spacial score (nSPS) is 15.0. The Kier molecular flexibility index (Phi) is 5.02. The van der Waals surface area contributed by atoms with E-state index >= 15 is 0 Å². The molecule has 32 heavy (non-hydrogen) atoms. The average molecular weight is 426 g/mol. The first-order valence-corrected chi connectivity index (χ1v) is 10.7. The fraction of sp³-hybridized carbons (Fsp3) is 0.148. The molecule has 160 valence electrons. The number of rotatable bonds is 2. The summed E-state index contributed by atoms with van der Waals surface area (Å²) >= 11 is 0. The lowest BCUT2D eigenvalue weighted by Gasteiger charge is -2.31. The summed E-state index contributed by atoms with van der Waals surface area (Å²) in [5.74, 6) is -0.299. The predicted molar refractivity (Wildman–Crippen MR) is 124 cm³/mol. The van der Waals surface area contributed by atoms with E-state index in [2.05, 4.69) is 16.0 Å². The Morgan fingerprint density at radius 1 is 0.938 bits per heavy atom. The maximum Gasteiger partial charge on any atom is 0.322 e. The SMILES string of the molecule is Cc1cccc(NC(=O)N2Cc3ccccc3-n3cccc3[C@@H]2c2ccc(F)cc2)c1C. The van der Waals surface area contributed by atoms with Crippen molar-refractivity contribution < 1.29 is 9.18 Å². The summed E-state index contributed by atoms with van der Waals surface area (Å²) in [6.45, 7) is 4.46. The number of hydrogen-bond acceptors (Lipinski definition) is 1. The number of anilines is 1. The molecule has 0 saturated carbocycles. The van der Waals surface area contributed by atoms with E-state index in [0.717, 1.165) is 39.3 Å². The quantitative estimate of drug-likeness (QED) is 0.398. The molecular weight excluding hydrogens is 401 g/mol. The highest BCUT2D eigenvalue weighted by molar-refractivity contribution is 5.91. The van der Waals surface area contributed by atoms with Crippen LogP contribution >= 0.6 is 0 Å². The minimum absolute atomic E-state index is 0.197. The van der Waals surface area contributed by atoms with Crippen LogP contribution in [0.2, 0.25) is 0 Å². The van der Waals surface area contributed by atoms with Gasteiger partial charge in [0.2, 0.25) is 0 Å². The zero-order chi connectivity index (χ0) is 22.2. The fourth-order valence-electron chi connectivity index (χ4n) is 4.41. The van der Waals surface area contributed by atoms with E-state index in [-0.39, 0.29) is 17.9 Å². The third-order valence-electron chi connectivity index (χ3n) is 6.26. The average Bonchev–Trinajstić information content (AvgIpc) is 3.22. The molecule has 3 aromatic carbocycles. The molecule has 0 aliphatic carbocycles. The second-order valence-corrected chi connectivity index (χ2v) is 8.19. The number of carbonyl (C=O) groups excluding carboxylic acids is 1. The summed E-state index contributed by atoms with van der Waals surface area (Å²) in [7, 11) is 0. The van der Waals surface area contributed by atoms with Gasteiger partial charge in [-0.25, -0.2) is 9.18 Å². The standard InChI is InChI=1S/C27H24FN3O/c1-18-7-5-9-23(19(18)2)29-27(32)31-17-21-8-3-4-10-24(21)30-16-6-11-25(30)26(31)20-12-14-22(28)15-13-20/h3-16,26H,17H2,1-2H3,(H,29,32)/t26-/m0/s1. The molecule has 0 spiro atoms. The monoisotopic (exact) mass is 425 g/mol. The topological polar surface area (TPSA) is 37.3 Å². The van der Waals surface area contributed by atoms with E-state index in [1.807, 2.05) is 73.5 Å². The van der Waals surface area contributed by atoms with E-state index in [1.54, 1.807) is 12.1 Å². The van der Waals surface area contributed by atoms with Crippen molar-refractivity contribution in [1.82, 2.24) is 9.47 Å². The molecule has 0 bridgehead atoms. The van der Waals surface area contributed by atoms with Gasteiger partial charge in [-0.2, -0.15) is 0 Å². The second kappa shape index (κ2) is 8.00. The second-order valence-electron chi connectivity index (χ2n) is 8.19. The smallest absolute Gasteiger partial charge is 0.318 e. The summed E-state index contributed by atoms with van der Waals surface area (Å²) in [6.07, 6.45) is 2.01. The number of aromatic nitrogens is 1. The van der Waals surface area contributed by atoms with Gasteiger partial charge in [0, 0.05) is 17.6 Å². The van der Waals surface area contributed by atoms with Crippen LogP contribution in [0.4, 0.5) is 14.9 Å². The Morgan fingerprint density at radius 3 is 2.53 bits per heavy atom. The predicted octanol–water partition coefficient (Wildman–Crippen LogP) is 6.37. The zero-order valence-corrected chi connectivity index (χ0v) is 18.0. The first kappa shape index (κ1) is 20.1. The molecule has 1 atom stereocenters. The summed E-state index contributed by atoms with van der Waals surface area (Å²) < 4.78 is 15.8. The molecule has 5 heteroatoms. The van der Waals surface area contributed by atoms with Gasteiger partial charge in [-0.1, -0.05) is 42.5 Å². The van der Waals surface area contributed by atoms with E-state index in [4.69, 9.17) is 0 Å². The molecule has 0 unspecified atom stereocenters. The van der Waals surface area contributed by atoms with Gasteiger partial charge in [0.25, 0.3) is 0 Å². The Morgan fingerprint density at radius 2 is 1.72 bits per heavy atom. The van der Waals surface area contributed by atoms with Crippen molar-refractivity contribution in [3.63, 3.8) is 0 Å². The molecule has 0 saturated heterocycles. The van der Waals surface area contributed by atoms with Crippen molar-refractivity contribution in [2.45, 2.75) is 26.4 Å². The van der Waals surface area contributed by atoms with Gasteiger partial charge in [-0.15, -0.1) is 0 Å². The van der Waals surface area contributed by atoms with E-state index in [0.29, 0.717) is 6.54 Å². The molecule has 0 fully saturated rings. The van der Waals surface area contributed by atoms with Crippen LogP contribution in [0, 0.1) is 19.7 Å². The van der Waals surface area contributed by atoms with E-state index < -0.39 is 0 Å². The van der Waals surface area contributed by atoms with Crippen LogP contribution in [0.5, 0.6) is 0 Å². The lowest BCUT2D eigenvalue weighted by Crippen LogP contribution is -2.38. The summed E-state index contributed by atoms with van der Waals surface area (Å²) in [4.78, 5) is 15.5. The maximum absolute atomic E-state index is 13.7. The van der Waals surface area contributed by atoms with Gasteiger partial charge in [0.15, 0.2) is 0 Å². The van der Waals surface area contributed by atoms with Gasteiger partial charge >= 0.3 is 6.03 Å². The van der Waals surface area contributed by atoms with Crippen LogP contribution in [0.3, 0.4) is 0 Å². The number of nitrogens with one attached hydrogen (secondary N) is 1. The zero-order valence-electron chi connectivity index (χ0n) is 18.0. The Bertz CT molecular complexity index is 1290. The first-order chi connectivity index (χ1) is 15.5. The number of nitrogens with zero attached hydrogens (tertiary/aromatic N) is 2. The molecule has 2 heterocycles. The Balaban J connectivity index is 1.64. The number of hydrogen-bond donors (Lipinski definition) is 1. The van der Waals surface area contributed by atoms with Crippen LogP contribution in [-0.4, -0.2) is 15.5 Å². The highest BCUT2D eigenvalue weighted by atomic mass is 19.1. The number of urea groups is 1. The molecule has 1 N–H and O–H groups in total. The minimum Gasteiger partial charge on any atom is -0.318 e. The molecule has 1 aliphatic rings. The largest absolute Gasteiger partial charge is 0.322 e. The third-order valence-corrected chi connectivity index (χ3v) is 6.26. The summed E-state index contributed by atoms with van der Waals surface area (Å²) in [5.41, 5.74) is 6.85. The number of halogens is 1. The lowest BCUT2D eigenvalue weighted by atomic mass is 10.0. The molecule has 5 rings (SSSR count). The van der Waals surface area contributed by atoms with Crippen molar-refractivity contribution in [1.29, 1.82) is 0 Å². The van der Waals surface area contributed by atoms with Gasteiger partial charge in [-0.3, -0.25) is 0 Å². The molecular formula is C27H24FN3O. The van der Waals surface area contributed by atoms with Crippen LogP contribution in [-0.2, 0) is 6.54 Å². The number of para-hydroxylation sites is 1. The van der Waals surface area contributed by atoms with Crippen molar-refractivity contribution in [2.24, 2.45) is 0 Å². The van der Waals surface area contributed by atoms with Gasteiger partial charge < -0.3 is 14.8 Å². The Labute approximate surface area is 186 Å².